The van der Waals surface area contributed by atoms with E-state index in [1.54, 1.807) is 5.56 Å². The van der Waals surface area contributed by atoms with Crippen molar-refractivity contribution in [2.45, 2.75) is 316 Å². The minimum atomic E-state index is -0.822. The fraction of sp³-hybridized carbons (Fsp3) is 0.417. The van der Waals surface area contributed by atoms with Gasteiger partial charge in [-0.2, -0.15) is 0 Å². The lowest BCUT2D eigenvalue weighted by Crippen LogP contribution is -2.28. The zero-order chi connectivity index (χ0) is 85.7. The van der Waals surface area contributed by atoms with E-state index < -0.39 is 5.41 Å². The van der Waals surface area contributed by atoms with Crippen LogP contribution in [0.15, 0.2) is 194 Å². The fourth-order valence-corrected chi connectivity index (χ4v) is 20.8. The number of hydrogen-bond acceptors (Lipinski definition) is 2. The molecule has 10 aromatic carbocycles. The lowest BCUT2D eigenvalue weighted by atomic mass is 9.67. The summed E-state index contributed by atoms with van der Waals surface area (Å²) < 4.78 is 18.2. The molecule has 0 saturated carbocycles. The number of hydrogen-bond donors (Lipinski definition) is 0. The van der Waals surface area contributed by atoms with E-state index in [9.17, 15) is 0 Å². The van der Waals surface area contributed by atoms with Gasteiger partial charge >= 0.3 is 0 Å². The van der Waals surface area contributed by atoms with Gasteiger partial charge in [-0.05, 0) is 250 Å². The maximum absolute atomic E-state index is 6.73. The van der Waals surface area contributed by atoms with Crippen LogP contribution in [0.1, 0.15) is 323 Å². The van der Waals surface area contributed by atoms with E-state index in [2.05, 4.69) is 305 Å². The van der Waals surface area contributed by atoms with Crippen LogP contribution in [0.2, 0.25) is 0 Å². The summed E-state index contributed by atoms with van der Waals surface area (Å²) in [5.41, 5.74) is 27.6. The van der Waals surface area contributed by atoms with E-state index in [4.69, 9.17) is 15.9 Å². The van der Waals surface area contributed by atoms with E-state index >= 15 is 0 Å². The predicted octanol–water partition coefficient (Wildman–Crippen LogP) is 33.4. The molecule has 0 amide bonds. The zero-order valence-corrected chi connectivity index (χ0v) is 76.3. The van der Waals surface area contributed by atoms with Crippen molar-refractivity contribution in [2.24, 2.45) is 0 Å². The van der Waals surface area contributed by atoms with Crippen LogP contribution in [0.4, 0.5) is 0 Å². The van der Waals surface area contributed by atoms with E-state index in [1.807, 2.05) is 0 Å². The summed E-state index contributed by atoms with van der Waals surface area (Å²) in [6.45, 7) is 18.8. The Morgan fingerprint density at radius 3 is 1.03 bits per heavy atom. The normalized spacial score (nSPS) is 13.3. The van der Waals surface area contributed by atoms with Gasteiger partial charge in [-0.1, -0.05) is 361 Å². The molecule has 0 N–H and O–H groups in total. The molecular weight excluding hydrogens is 1500 g/mol. The van der Waals surface area contributed by atoms with Crippen molar-refractivity contribution in [1.82, 2.24) is 9.13 Å². The molecule has 0 aliphatic heterocycles. The number of fused-ring (bicyclic) bond motifs is 12. The molecule has 0 radical (unpaired) electrons. The number of aryl methyl sites for hydroxylation is 4. The molecule has 0 spiro atoms. The quantitative estimate of drug-likeness (QED) is 0.0281. The number of aromatic nitrogens is 2. The summed E-state index contributed by atoms with van der Waals surface area (Å²) in [4.78, 5) is 0. The van der Waals surface area contributed by atoms with Crippen molar-refractivity contribution in [1.29, 1.82) is 0 Å². The molecule has 4 nitrogen and oxygen atoms in total. The molecule has 2 aliphatic rings. The third kappa shape index (κ3) is 21.1. The lowest BCUT2D eigenvalue weighted by Gasteiger charge is -2.35. The maximum atomic E-state index is 6.73. The van der Waals surface area contributed by atoms with Gasteiger partial charge in [0.1, 0.15) is 17.6 Å². The van der Waals surface area contributed by atoms with Crippen LogP contribution in [0, 0.1) is 73.7 Å². The molecule has 2 heterocycles. The van der Waals surface area contributed by atoms with Gasteiger partial charge in [-0.3, -0.25) is 0 Å². The molecule has 1 atom stereocenters. The van der Waals surface area contributed by atoms with E-state index in [0.29, 0.717) is 12.4 Å². The molecule has 14 rings (SSSR count). The number of rotatable bonds is 48. The van der Waals surface area contributed by atoms with Crippen molar-refractivity contribution in [3.05, 3.63) is 239 Å². The Bertz CT molecular complexity index is 5880. The first-order valence-corrected chi connectivity index (χ1v) is 48.8. The first-order valence-electron chi connectivity index (χ1n) is 48.8. The fourth-order valence-electron chi connectivity index (χ4n) is 20.8. The van der Waals surface area contributed by atoms with Gasteiger partial charge in [-0.25, -0.2) is 0 Å². The molecule has 4 heteroatoms. The summed E-state index contributed by atoms with van der Waals surface area (Å²) in [5, 5.41) is 5.27. The van der Waals surface area contributed by atoms with Gasteiger partial charge in [0.25, 0.3) is 0 Å². The molecule has 2 aliphatic carbocycles. The van der Waals surface area contributed by atoms with Crippen molar-refractivity contribution in [3.63, 3.8) is 0 Å². The van der Waals surface area contributed by atoms with Crippen LogP contribution < -0.4 is 9.47 Å². The van der Waals surface area contributed by atoms with Gasteiger partial charge in [-0.15, -0.1) is 6.42 Å². The number of ether oxygens (including phenoxy) is 2. The van der Waals surface area contributed by atoms with Crippen LogP contribution >= 0.6 is 0 Å². The number of benzene rings is 10. The molecular formula is C120H136N2O2. The third-order valence-corrected chi connectivity index (χ3v) is 27.4. The number of terminal acetylenes is 1. The molecule has 0 fully saturated rings. The van der Waals surface area contributed by atoms with Crippen LogP contribution in [-0.4, -0.2) is 15.7 Å². The summed E-state index contributed by atoms with van der Waals surface area (Å²) >= 11 is 0. The summed E-state index contributed by atoms with van der Waals surface area (Å²) in [7, 11) is 0. The minimum Gasteiger partial charge on any atom is -0.494 e. The van der Waals surface area contributed by atoms with Crippen LogP contribution in [0.3, 0.4) is 0 Å². The average Bonchev–Trinajstić information content (AvgIpc) is 1.53. The highest BCUT2D eigenvalue weighted by Crippen LogP contribution is 2.60. The molecule has 2 aromatic heterocycles. The molecule has 638 valence electrons. The largest absolute Gasteiger partial charge is 0.494 e. The number of unbranched alkanes of at least 4 members (excludes halogenated alkanes) is 31. The van der Waals surface area contributed by atoms with Gasteiger partial charge < -0.3 is 18.6 Å². The summed E-state index contributed by atoms with van der Waals surface area (Å²) in [6, 6.07) is 76.9. The Hall–Kier alpha value is -10.8. The second kappa shape index (κ2) is 45.2. The first-order chi connectivity index (χ1) is 61.1. The Morgan fingerprint density at radius 2 is 0.597 bits per heavy atom. The molecule has 124 heavy (non-hydrogen) atoms. The Kier molecular flexibility index (Phi) is 32.6. The summed E-state index contributed by atoms with van der Waals surface area (Å²) in [5.74, 6) is 22.7. The second-order valence-electron chi connectivity index (χ2n) is 36.3. The van der Waals surface area contributed by atoms with E-state index in [0.717, 1.165) is 37.2 Å². The lowest BCUT2D eigenvalue weighted by molar-refractivity contribution is 0.304. The highest BCUT2D eigenvalue weighted by molar-refractivity contribution is 6.12. The Balaban J connectivity index is 0.904. The highest BCUT2D eigenvalue weighted by atomic mass is 16.5. The van der Waals surface area contributed by atoms with Crippen molar-refractivity contribution >= 4 is 43.6 Å². The molecule has 12 aromatic rings. The van der Waals surface area contributed by atoms with Crippen molar-refractivity contribution in [2.75, 3.05) is 6.61 Å². The average molecular weight is 1640 g/mol. The van der Waals surface area contributed by atoms with Crippen LogP contribution in [0.25, 0.3) is 99.2 Å². The topological polar surface area (TPSA) is 28.3 Å². The Morgan fingerprint density at radius 1 is 0.282 bits per heavy atom. The van der Waals surface area contributed by atoms with E-state index in [1.165, 1.54) is 364 Å². The standard InChI is InChI=1S/C120H136N2O2/c1-9-15-21-27-33-37-41-47-77-119(78-48-42-38-34-28-22-16-10-2)111-84-92(8)53-69-103(111)104-70-55-96(88-112(104)119)98-57-72-106-105-71-56-97(89-113(105)120(114(106)90-98,99-61-65-101(66-62-99)123-81-51-45-39-35-29-23-17-11-3)100-63-67-102(68-64-100)124-82-52-46-40-36-30-24-18-12-4)95-60-76-118-110(87-95)109-86-94(59-75-117(109)122(118)80-50-44-32-26-20-14-6)93-58-74-116-108(85-93)107-83-91(7)54-73-115(107)121(116)79-49-43-31-25-19-13-5/h3,53-76,83-90H,9-10,12-16,18-22,24-28,30-34,36-38,40-44,46-50,52,77-80,82H2,1-2,4-8H3. The SMILES string of the molecule is C#CC#CC#CC#CC#COc1ccc(C2(c3ccc(OCCCCCCCCCC)cc3)c3cc(-c4ccc5c(c4)C(CCCCCCCCCC)(CCCCCCCCCC)c4cc(C)ccc4-5)ccc3-c3ccc(-c4ccc5c(c4)c4cc(-c6ccc7c(c6)c6cc(C)ccc6n7CCCCCCCC)ccc4n5CCCCCCCC)cc32)cc1. The zero-order valence-electron chi connectivity index (χ0n) is 76.3. The molecule has 1 unspecified atom stereocenters. The number of nitrogens with zero attached hydrogens (tertiary/aromatic N) is 2. The third-order valence-electron chi connectivity index (χ3n) is 27.4. The smallest absolute Gasteiger partial charge is 0.140 e. The van der Waals surface area contributed by atoms with Crippen LogP contribution in [0.5, 0.6) is 11.5 Å². The van der Waals surface area contributed by atoms with Gasteiger partial charge in [0, 0.05) is 85.8 Å². The minimum absolute atomic E-state index is 0.0764. The monoisotopic (exact) mass is 1640 g/mol. The second-order valence-corrected chi connectivity index (χ2v) is 36.3. The molecule has 0 saturated heterocycles. The van der Waals surface area contributed by atoms with Gasteiger partial charge in [0.2, 0.25) is 0 Å². The predicted molar refractivity (Wildman–Crippen MR) is 532 cm³/mol. The first kappa shape index (κ1) is 89.5. The van der Waals surface area contributed by atoms with Crippen molar-refractivity contribution in [3.8, 4) is 127 Å². The van der Waals surface area contributed by atoms with Crippen molar-refractivity contribution < 1.29 is 9.47 Å². The highest BCUT2D eigenvalue weighted by Gasteiger charge is 2.48. The van der Waals surface area contributed by atoms with E-state index in [-0.39, 0.29) is 5.41 Å². The van der Waals surface area contributed by atoms with Gasteiger partial charge in [0.15, 0.2) is 0 Å². The van der Waals surface area contributed by atoms with Gasteiger partial charge in [0.05, 0.1) is 12.0 Å². The molecule has 0 bridgehead atoms. The Labute approximate surface area is 746 Å². The van der Waals surface area contributed by atoms with Crippen LogP contribution in [-0.2, 0) is 23.9 Å². The summed E-state index contributed by atoms with van der Waals surface area (Å²) in [6.07, 6.45) is 56.7. The maximum Gasteiger partial charge on any atom is 0.140 e.